The SMILES string of the molecule is Cc1ccccc1[C@H]1CN(C(=O)c2ccnn2CC(F)F)[C@H](C)CO1. The molecular weight excluding hydrogens is 328 g/mol. The van der Waals surface area contributed by atoms with Crippen LogP contribution in [0, 0.1) is 6.92 Å². The lowest BCUT2D eigenvalue weighted by atomic mass is 10.0. The van der Waals surface area contributed by atoms with Gasteiger partial charge in [-0.05, 0) is 31.0 Å². The zero-order valence-corrected chi connectivity index (χ0v) is 14.2. The van der Waals surface area contributed by atoms with E-state index in [1.807, 2.05) is 38.1 Å². The monoisotopic (exact) mass is 349 g/mol. The van der Waals surface area contributed by atoms with Crippen molar-refractivity contribution >= 4 is 5.91 Å². The van der Waals surface area contributed by atoms with Gasteiger partial charge in [0.1, 0.15) is 18.3 Å². The van der Waals surface area contributed by atoms with Gasteiger partial charge in [0.05, 0.1) is 19.2 Å². The van der Waals surface area contributed by atoms with Crippen LogP contribution < -0.4 is 0 Å². The largest absolute Gasteiger partial charge is 0.370 e. The first-order valence-electron chi connectivity index (χ1n) is 8.25. The highest BCUT2D eigenvalue weighted by Crippen LogP contribution is 2.28. The fraction of sp³-hybridized carbons (Fsp3) is 0.444. The second kappa shape index (κ2) is 7.31. The van der Waals surface area contributed by atoms with E-state index in [4.69, 9.17) is 4.74 Å². The number of nitrogens with zero attached hydrogens (tertiary/aromatic N) is 3. The molecule has 5 nitrogen and oxygen atoms in total. The lowest BCUT2D eigenvalue weighted by molar-refractivity contribution is -0.0493. The standard InChI is InChI=1S/C18H21F2N3O2/c1-12-5-3-4-6-14(12)16-9-22(13(2)11-25-16)18(24)15-7-8-21-23(15)10-17(19)20/h3-8,13,16-17H,9-11H2,1-2H3/t13-,16-/m1/s1. The third-order valence-corrected chi connectivity index (χ3v) is 4.48. The molecule has 0 spiro atoms. The van der Waals surface area contributed by atoms with Crippen LogP contribution in [0.1, 0.15) is 34.6 Å². The summed E-state index contributed by atoms with van der Waals surface area (Å²) in [7, 11) is 0. The van der Waals surface area contributed by atoms with E-state index in [9.17, 15) is 13.6 Å². The third kappa shape index (κ3) is 3.71. The molecule has 1 aliphatic rings. The molecule has 1 aromatic carbocycles. The highest BCUT2D eigenvalue weighted by molar-refractivity contribution is 5.92. The number of benzene rings is 1. The lowest BCUT2D eigenvalue weighted by Crippen LogP contribution is -2.48. The van der Waals surface area contributed by atoms with Gasteiger partial charge in [-0.3, -0.25) is 9.48 Å². The Bertz CT molecular complexity index is 747. The molecule has 1 fully saturated rings. The average Bonchev–Trinajstić information content (AvgIpc) is 3.03. The number of halogens is 2. The molecule has 0 bridgehead atoms. The van der Waals surface area contributed by atoms with Gasteiger partial charge < -0.3 is 9.64 Å². The van der Waals surface area contributed by atoms with Gasteiger partial charge in [-0.1, -0.05) is 24.3 Å². The van der Waals surface area contributed by atoms with Crippen molar-refractivity contribution in [2.24, 2.45) is 0 Å². The van der Waals surface area contributed by atoms with Crippen LogP contribution in [0.3, 0.4) is 0 Å². The van der Waals surface area contributed by atoms with Crippen molar-refractivity contribution in [3.8, 4) is 0 Å². The van der Waals surface area contributed by atoms with E-state index in [-0.39, 0.29) is 23.7 Å². The summed E-state index contributed by atoms with van der Waals surface area (Å²) < 4.78 is 32.3. The fourth-order valence-corrected chi connectivity index (χ4v) is 3.11. The highest BCUT2D eigenvalue weighted by atomic mass is 19.3. The number of aryl methyl sites for hydroxylation is 1. The molecule has 25 heavy (non-hydrogen) atoms. The van der Waals surface area contributed by atoms with E-state index in [1.54, 1.807) is 4.90 Å². The number of hydrogen-bond donors (Lipinski definition) is 0. The summed E-state index contributed by atoms with van der Waals surface area (Å²) in [6.45, 7) is 4.08. The molecule has 1 aliphatic heterocycles. The van der Waals surface area contributed by atoms with Crippen LogP contribution in [0.5, 0.6) is 0 Å². The van der Waals surface area contributed by atoms with Crippen LogP contribution in [-0.2, 0) is 11.3 Å². The minimum Gasteiger partial charge on any atom is -0.370 e. The van der Waals surface area contributed by atoms with E-state index < -0.39 is 13.0 Å². The first-order valence-corrected chi connectivity index (χ1v) is 8.25. The Kier molecular flexibility index (Phi) is 5.13. The maximum Gasteiger partial charge on any atom is 0.272 e. The van der Waals surface area contributed by atoms with Crippen LogP contribution in [0.25, 0.3) is 0 Å². The van der Waals surface area contributed by atoms with Crippen molar-refractivity contribution in [1.82, 2.24) is 14.7 Å². The summed E-state index contributed by atoms with van der Waals surface area (Å²) in [5.41, 5.74) is 2.31. The van der Waals surface area contributed by atoms with Crippen molar-refractivity contribution in [3.63, 3.8) is 0 Å². The van der Waals surface area contributed by atoms with Crippen LogP contribution in [0.4, 0.5) is 8.78 Å². The topological polar surface area (TPSA) is 47.4 Å². The molecule has 3 rings (SSSR count). The maximum atomic E-state index is 12.9. The molecule has 2 aromatic rings. The van der Waals surface area contributed by atoms with Gasteiger partial charge in [-0.15, -0.1) is 0 Å². The molecule has 2 atom stereocenters. The number of aromatic nitrogens is 2. The van der Waals surface area contributed by atoms with Crippen molar-refractivity contribution in [2.75, 3.05) is 13.2 Å². The molecule has 0 N–H and O–H groups in total. The highest BCUT2D eigenvalue weighted by Gasteiger charge is 2.33. The van der Waals surface area contributed by atoms with Crippen LogP contribution >= 0.6 is 0 Å². The van der Waals surface area contributed by atoms with E-state index >= 15 is 0 Å². The summed E-state index contributed by atoms with van der Waals surface area (Å²) in [5, 5.41) is 3.85. The van der Waals surface area contributed by atoms with Gasteiger partial charge in [0, 0.05) is 6.20 Å². The maximum absolute atomic E-state index is 12.9. The molecule has 1 amide bonds. The number of ether oxygens (including phenoxy) is 1. The molecule has 0 aliphatic carbocycles. The predicted molar refractivity (Wildman–Crippen MR) is 88.6 cm³/mol. The Labute approximate surface area is 145 Å². The van der Waals surface area contributed by atoms with Gasteiger partial charge in [-0.25, -0.2) is 8.78 Å². The molecule has 2 heterocycles. The second-order valence-corrected chi connectivity index (χ2v) is 6.27. The molecule has 0 unspecified atom stereocenters. The van der Waals surface area contributed by atoms with E-state index in [0.29, 0.717) is 13.2 Å². The third-order valence-electron chi connectivity index (χ3n) is 4.48. The quantitative estimate of drug-likeness (QED) is 0.852. The van der Waals surface area contributed by atoms with E-state index in [0.717, 1.165) is 15.8 Å². The number of morpholine rings is 1. The Balaban J connectivity index is 1.82. The number of alkyl halides is 2. The Morgan fingerprint density at radius 3 is 2.84 bits per heavy atom. The Morgan fingerprint density at radius 2 is 2.12 bits per heavy atom. The smallest absolute Gasteiger partial charge is 0.272 e. The molecular formula is C18H21F2N3O2. The Hall–Kier alpha value is -2.28. The number of amides is 1. The lowest BCUT2D eigenvalue weighted by Gasteiger charge is -2.38. The molecule has 0 saturated carbocycles. The first kappa shape index (κ1) is 17.5. The Morgan fingerprint density at radius 1 is 1.36 bits per heavy atom. The fourth-order valence-electron chi connectivity index (χ4n) is 3.11. The molecule has 0 radical (unpaired) electrons. The van der Waals surface area contributed by atoms with Gasteiger partial charge in [0.15, 0.2) is 0 Å². The molecule has 134 valence electrons. The second-order valence-electron chi connectivity index (χ2n) is 6.27. The zero-order valence-electron chi connectivity index (χ0n) is 14.2. The summed E-state index contributed by atoms with van der Waals surface area (Å²) >= 11 is 0. The number of carbonyl (C=O) groups is 1. The average molecular weight is 349 g/mol. The van der Waals surface area contributed by atoms with E-state index in [1.165, 1.54) is 12.3 Å². The molecule has 1 aromatic heterocycles. The minimum absolute atomic E-state index is 0.136. The molecule has 7 heteroatoms. The summed E-state index contributed by atoms with van der Waals surface area (Å²) in [6, 6.07) is 9.22. The van der Waals surface area contributed by atoms with E-state index in [2.05, 4.69) is 5.10 Å². The normalized spacial score (nSPS) is 20.9. The zero-order chi connectivity index (χ0) is 18.0. The van der Waals surface area contributed by atoms with Crippen LogP contribution in [-0.4, -0.2) is 46.2 Å². The summed E-state index contributed by atoms with van der Waals surface area (Å²) in [5.74, 6) is -0.299. The number of rotatable bonds is 4. The summed E-state index contributed by atoms with van der Waals surface area (Å²) in [4.78, 5) is 14.6. The molecule has 1 saturated heterocycles. The van der Waals surface area contributed by atoms with Crippen molar-refractivity contribution in [3.05, 3.63) is 53.3 Å². The van der Waals surface area contributed by atoms with Crippen LogP contribution in [0.15, 0.2) is 36.5 Å². The van der Waals surface area contributed by atoms with Crippen molar-refractivity contribution in [2.45, 2.75) is 39.0 Å². The number of hydrogen-bond acceptors (Lipinski definition) is 3. The van der Waals surface area contributed by atoms with Gasteiger partial charge in [0.25, 0.3) is 12.3 Å². The first-order chi connectivity index (χ1) is 12.0. The van der Waals surface area contributed by atoms with Gasteiger partial charge >= 0.3 is 0 Å². The van der Waals surface area contributed by atoms with Gasteiger partial charge in [0.2, 0.25) is 0 Å². The van der Waals surface area contributed by atoms with Crippen molar-refractivity contribution < 1.29 is 18.3 Å². The van der Waals surface area contributed by atoms with Gasteiger partial charge in [-0.2, -0.15) is 5.10 Å². The number of carbonyl (C=O) groups excluding carboxylic acids is 1. The predicted octanol–water partition coefficient (Wildman–Crippen LogP) is 3.06. The van der Waals surface area contributed by atoms with Crippen LogP contribution in [0.2, 0.25) is 0 Å². The summed E-state index contributed by atoms with van der Waals surface area (Å²) in [6.07, 6.45) is -1.42. The van der Waals surface area contributed by atoms with Crippen molar-refractivity contribution in [1.29, 1.82) is 0 Å². The minimum atomic E-state index is -2.56.